The van der Waals surface area contributed by atoms with Gasteiger partial charge in [0, 0.05) is 0 Å². The van der Waals surface area contributed by atoms with Crippen LogP contribution in [0.4, 0.5) is 0 Å². The van der Waals surface area contributed by atoms with Gasteiger partial charge >= 0.3 is 13.6 Å². The highest BCUT2D eigenvalue weighted by molar-refractivity contribution is 7.53. The molecular weight excluding hydrogens is 163 g/mol. The van der Waals surface area contributed by atoms with Gasteiger partial charge in [-0.25, -0.2) is 5.90 Å². The SMILES string of the molecule is [NH3+]OP(=O)(O)CC(=O)O.[NH4+]. The molecule has 0 fully saturated rings. The van der Waals surface area contributed by atoms with E-state index in [1.807, 2.05) is 0 Å². The first kappa shape index (κ1) is 12.2. The second-order valence-corrected chi connectivity index (χ2v) is 3.17. The van der Waals surface area contributed by atoms with E-state index in [-0.39, 0.29) is 6.15 Å². The molecule has 7 nitrogen and oxygen atoms in total. The van der Waals surface area contributed by atoms with E-state index in [9.17, 15) is 9.36 Å². The fourth-order valence-corrected chi connectivity index (χ4v) is 0.650. The van der Waals surface area contributed by atoms with E-state index in [1.165, 1.54) is 0 Å². The topological polar surface area (TPSA) is 148 Å². The van der Waals surface area contributed by atoms with Crippen LogP contribution in [0.3, 0.4) is 0 Å². The van der Waals surface area contributed by atoms with Crippen molar-refractivity contribution in [3.63, 3.8) is 0 Å². The fourth-order valence-electron chi connectivity index (χ4n) is 0.217. The maximum absolute atomic E-state index is 10.3. The second kappa shape index (κ2) is 4.37. The number of hydrogen-bond donors (Lipinski definition) is 4. The maximum Gasteiger partial charge on any atom is 0.390 e. The summed E-state index contributed by atoms with van der Waals surface area (Å²) in [6, 6.07) is 0. The number of aliphatic carboxylic acids is 1. The van der Waals surface area contributed by atoms with Gasteiger partial charge in [0.1, 0.15) is 0 Å². The number of quaternary nitrogens is 2. The fraction of sp³-hybridized carbons (Fsp3) is 0.500. The van der Waals surface area contributed by atoms with E-state index in [1.54, 1.807) is 0 Å². The Bertz CT molecular complexity index is 158. The molecule has 0 radical (unpaired) electrons. The molecule has 8 heteroatoms. The third-order valence-corrected chi connectivity index (χ3v) is 1.61. The van der Waals surface area contributed by atoms with E-state index in [4.69, 9.17) is 10.00 Å². The first-order valence-electron chi connectivity index (χ1n) is 1.95. The Kier molecular flexibility index (Phi) is 5.35. The van der Waals surface area contributed by atoms with Crippen LogP contribution in [-0.4, -0.2) is 22.1 Å². The predicted molar refractivity (Wildman–Crippen MR) is 32.3 cm³/mol. The average molecular weight is 174 g/mol. The van der Waals surface area contributed by atoms with Crippen LogP contribution in [0.5, 0.6) is 0 Å². The van der Waals surface area contributed by atoms with Crippen molar-refractivity contribution >= 4 is 13.6 Å². The van der Waals surface area contributed by atoms with Gasteiger partial charge in [-0.3, -0.25) is 9.36 Å². The van der Waals surface area contributed by atoms with E-state index in [0.717, 1.165) is 0 Å². The molecule has 0 aliphatic heterocycles. The molecule has 0 aliphatic carbocycles. The molecule has 0 saturated carbocycles. The lowest BCUT2D eigenvalue weighted by molar-refractivity contribution is -0.640. The minimum absolute atomic E-state index is 0. The zero-order chi connectivity index (χ0) is 7.49. The molecule has 0 aromatic carbocycles. The van der Waals surface area contributed by atoms with Crippen LogP contribution in [0.25, 0.3) is 0 Å². The first-order valence-corrected chi connectivity index (χ1v) is 3.71. The summed E-state index contributed by atoms with van der Waals surface area (Å²) in [6.45, 7) is 0. The Morgan fingerprint density at radius 1 is 1.70 bits per heavy atom. The van der Waals surface area contributed by atoms with Crippen LogP contribution in [0.1, 0.15) is 0 Å². The summed E-state index contributed by atoms with van der Waals surface area (Å²) in [7, 11) is -3.94. The number of carboxylic acid groups (broad SMARTS) is 1. The van der Waals surface area contributed by atoms with Crippen LogP contribution in [0, 0.1) is 0 Å². The molecule has 0 amide bonds. The molecule has 0 rings (SSSR count). The molecule has 0 bridgehead atoms. The zero-order valence-corrected chi connectivity index (χ0v) is 6.38. The normalized spacial score (nSPS) is 15.0. The van der Waals surface area contributed by atoms with Gasteiger partial charge in [0.15, 0.2) is 6.16 Å². The zero-order valence-electron chi connectivity index (χ0n) is 5.48. The van der Waals surface area contributed by atoms with E-state index in [2.05, 4.69) is 10.5 Å². The molecule has 1 unspecified atom stereocenters. The lowest BCUT2D eigenvalue weighted by Crippen LogP contribution is -2.47. The van der Waals surface area contributed by atoms with Crippen LogP contribution in [0.2, 0.25) is 0 Å². The van der Waals surface area contributed by atoms with E-state index < -0.39 is 19.7 Å². The summed E-state index contributed by atoms with van der Waals surface area (Å²) in [4.78, 5) is 18.1. The summed E-state index contributed by atoms with van der Waals surface area (Å²) in [5, 5.41) is 7.94. The molecule has 10 heavy (non-hydrogen) atoms. The average Bonchev–Trinajstić information content (AvgIpc) is 1.63. The minimum Gasteiger partial charge on any atom is -0.481 e. The highest BCUT2D eigenvalue weighted by Gasteiger charge is 2.24. The van der Waals surface area contributed by atoms with Crippen molar-refractivity contribution in [2.24, 2.45) is 0 Å². The van der Waals surface area contributed by atoms with E-state index >= 15 is 0 Å². The van der Waals surface area contributed by atoms with Crippen LogP contribution >= 0.6 is 7.60 Å². The van der Waals surface area contributed by atoms with Gasteiger partial charge in [-0.1, -0.05) is 0 Å². The molecule has 1 atom stereocenters. The van der Waals surface area contributed by atoms with Gasteiger partial charge in [0.2, 0.25) is 0 Å². The smallest absolute Gasteiger partial charge is 0.390 e. The molecule has 0 aromatic heterocycles. The molecule has 62 valence electrons. The van der Waals surface area contributed by atoms with Crippen LogP contribution in [-0.2, 0) is 14.0 Å². The lowest BCUT2D eigenvalue weighted by Gasteiger charge is -1.98. The third-order valence-electron chi connectivity index (χ3n) is 0.537. The molecule has 9 N–H and O–H groups in total. The van der Waals surface area contributed by atoms with Gasteiger partial charge in [0.25, 0.3) is 0 Å². The number of rotatable bonds is 3. The molecular formula is C2H11N2O5P+2. The van der Waals surface area contributed by atoms with Gasteiger partial charge in [-0.15, -0.1) is 4.62 Å². The summed E-state index contributed by atoms with van der Waals surface area (Å²) < 4.78 is 14.0. The third kappa shape index (κ3) is 5.67. The summed E-state index contributed by atoms with van der Waals surface area (Å²) in [6.07, 6.45) is -0.906. The van der Waals surface area contributed by atoms with Gasteiger partial charge in [0.05, 0.1) is 0 Å². The molecule has 0 heterocycles. The predicted octanol–water partition coefficient (Wildman–Crippen LogP) is -1.19. The van der Waals surface area contributed by atoms with Crippen molar-refractivity contribution < 1.29 is 29.9 Å². The van der Waals surface area contributed by atoms with E-state index in [0.29, 0.717) is 0 Å². The van der Waals surface area contributed by atoms with Crippen molar-refractivity contribution in [3.05, 3.63) is 0 Å². The number of carboxylic acids is 1. The Morgan fingerprint density at radius 2 is 2.10 bits per heavy atom. The Hall–Kier alpha value is -0.460. The second-order valence-electron chi connectivity index (χ2n) is 1.32. The van der Waals surface area contributed by atoms with Gasteiger partial charge in [-0.2, -0.15) is 0 Å². The highest BCUT2D eigenvalue weighted by atomic mass is 31.2. The van der Waals surface area contributed by atoms with Crippen molar-refractivity contribution in [1.29, 1.82) is 0 Å². The Labute approximate surface area is 56.9 Å². The largest absolute Gasteiger partial charge is 0.481 e. The molecule has 0 aromatic rings. The van der Waals surface area contributed by atoms with Gasteiger partial charge < -0.3 is 16.2 Å². The Morgan fingerprint density at radius 3 is 2.20 bits per heavy atom. The lowest BCUT2D eigenvalue weighted by atomic mass is 10.8. The first-order chi connectivity index (χ1) is 3.98. The van der Waals surface area contributed by atoms with Crippen molar-refractivity contribution in [3.8, 4) is 0 Å². The molecule has 0 spiro atoms. The van der Waals surface area contributed by atoms with Crippen LogP contribution in [0.15, 0.2) is 0 Å². The number of hydrogen-bond acceptors (Lipinski definition) is 3. The van der Waals surface area contributed by atoms with Crippen LogP contribution < -0.4 is 12.0 Å². The monoisotopic (exact) mass is 174 g/mol. The van der Waals surface area contributed by atoms with Crippen molar-refractivity contribution in [1.82, 2.24) is 6.15 Å². The maximum atomic E-state index is 10.3. The highest BCUT2D eigenvalue weighted by Crippen LogP contribution is 2.37. The molecule has 0 aliphatic rings. The summed E-state index contributed by atoms with van der Waals surface area (Å²) >= 11 is 0. The molecule has 0 saturated heterocycles. The summed E-state index contributed by atoms with van der Waals surface area (Å²) in [5.41, 5.74) is 0. The Balaban J connectivity index is 0. The minimum atomic E-state index is -3.94. The summed E-state index contributed by atoms with van der Waals surface area (Å²) in [5.74, 6) is 1.25. The number of carbonyl (C=O) groups is 1. The standard InChI is InChI=1S/C2H6NO5P.H3N/c3-8-9(6,7)1-2(4)5;/h1H2,3H3,(H-,4,5,6,7);1H3/p+2. The van der Waals surface area contributed by atoms with Crippen molar-refractivity contribution in [2.45, 2.75) is 0 Å². The van der Waals surface area contributed by atoms with Crippen molar-refractivity contribution in [2.75, 3.05) is 6.16 Å². The quantitative estimate of drug-likeness (QED) is 0.313. The van der Waals surface area contributed by atoms with Gasteiger partial charge in [-0.05, 0) is 0 Å².